The number of pyridine rings is 1. The quantitative estimate of drug-likeness (QED) is 0.586. The van der Waals surface area contributed by atoms with Gasteiger partial charge in [0, 0.05) is 18.3 Å². The van der Waals surface area contributed by atoms with E-state index in [1.807, 2.05) is 16.8 Å². The Labute approximate surface area is 111 Å². The van der Waals surface area contributed by atoms with Gasteiger partial charge in [-0.15, -0.1) is 5.10 Å². The van der Waals surface area contributed by atoms with Gasteiger partial charge in [-0.1, -0.05) is 18.2 Å². The number of methoxy groups -OCH3 is 1. The smallest absolute Gasteiger partial charge is 0.218 e. The molecule has 2 heterocycles. The first-order chi connectivity index (χ1) is 9.31. The van der Waals surface area contributed by atoms with E-state index in [0.29, 0.717) is 5.88 Å². The zero-order valence-corrected chi connectivity index (χ0v) is 11.1. The van der Waals surface area contributed by atoms with Crippen molar-refractivity contribution in [3.05, 3.63) is 35.8 Å². The molecule has 0 aromatic carbocycles. The number of nitrogens with zero attached hydrogens (tertiary/aromatic N) is 4. The second-order valence-corrected chi connectivity index (χ2v) is 4.08. The number of nitrogens with two attached hydrogens (primary N) is 1. The fourth-order valence-corrected chi connectivity index (χ4v) is 2.00. The molecular formula is C12H18N6O. The van der Waals surface area contributed by atoms with E-state index < -0.39 is 0 Å². The van der Waals surface area contributed by atoms with Crippen LogP contribution in [0.3, 0.4) is 0 Å². The van der Waals surface area contributed by atoms with E-state index in [1.54, 1.807) is 19.5 Å². The van der Waals surface area contributed by atoms with Gasteiger partial charge in [0.05, 0.1) is 25.0 Å². The van der Waals surface area contributed by atoms with Gasteiger partial charge in [-0.3, -0.25) is 5.84 Å². The van der Waals surface area contributed by atoms with E-state index in [4.69, 9.17) is 10.6 Å². The fourth-order valence-electron chi connectivity index (χ4n) is 2.00. The number of aromatic nitrogens is 4. The van der Waals surface area contributed by atoms with Crippen LogP contribution < -0.4 is 16.0 Å². The Hall–Kier alpha value is -1.99. The average molecular weight is 262 g/mol. The Morgan fingerprint density at radius 2 is 2.37 bits per heavy atom. The molecule has 2 aromatic rings. The minimum absolute atomic E-state index is 0.259. The van der Waals surface area contributed by atoms with Crippen molar-refractivity contribution in [1.29, 1.82) is 0 Å². The standard InChI is InChI=1S/C12H18N6O/c1-3-7-18-10(8-15-17-18)11(16-13)9-5-4-6-14-12(9)19-2/h4-6,8,11,16H,3,7,13H2,1-2H3. The lowest BCUT2D eigenvalue weighted by atomic mass is 10.1. The fraction of sp³-hybridized carbons (Fsp3) is 0.417. The molecule has 0 aliphatic heterocycles. The van der Waals surface area contributed by atoms with E-state index in [1.165, 1.54) is 0 Å². The molecule has 0 aliphatic rings. The summed E-state index contributed by atoms with van der Waals surface area (Å²) in [6, 6.07) is 3.50. The van der Waals surface area contributed by atoms with E-state index in [9.17, 15) is 0 Å². The monoisotopic (exact) mass is 262 g/mol. The summed E-state index contributed by atoms with van der Waals surface area (Å²) in [5, 5.41) is 8.01. The predicted molar refractivity (Wildman–Crippen MR) is 70.3 cm³/mol. The largest absolute Gasteiger partial charge is 0.481 e. The molecule has 7 heteroatoms. The van der Waals surface area contributed by atoms with Crippen LogP contribution in [0.5, 0.6) is 5.88 Å². The molecule has 0 saturated carbocycles. The number of ether oxygens (including phenoxy) is 1. The maximum absolute atomic E-state index is 5.68. The minimum Gasteiger partial charge on any atom is -0.481 e. The molecule has 2 aromatic heterocycles. The third-order valence-electron chi connectivity index (χ3n) is 2.85. The van der Waals surface area contributed by atoms with Crippen LogP contribution in [-0.4, -0.2) is 27.1 Å². The molecule has 0 bridgehead atoms. The maximum Gasteiger partial charge on any atom is 0.218 e. The highest BCUT2D eigenvalue weighted by atomic mass is 16.5. The first kappa shape index (κ1) is 13.4. The Morgan fingerprint density at radius 3 is 3.05 bits per heavy atom. The Balaban J connectivity index is 2.41. The van der Waals surface area contributed by atoms with E-state index in [0.717, 1.165) is 24.2 Å². The number of nitrogens with one attached hydrogen (secondary N) is 1. The topological polar surface area (TPSA) is 90.9 Å². The van der Waals surface area contributed by atoms with Crippen molar-refractivity contribution >= 4 is 0 Å². The van der Waals surface area contributed by atoms with Crippen LogP contribution >= 0.6 is 0 Å². The molecule has 3 N–H and O–H groups in total. The van der Waals surface area contributed by atoms with Crippen LogP contribution in [0, 0.1) is 0 Å². The summed E-state index contributed by atoms with van der Waals surface area (Å²) in [6.07, 6.45) is 4.35. The minimum atomic E-state index is -0.259. The number of hydrazine groups is 1. The van der Waals surface area contributed by atoms with Crippen LogP contribution in [0.15, 0.2) is 24.5 Å². The van der Waals surface area contributed by atoms with Gasteiger partial charge in [0.25, 0.3) is 0 Å². The van der Waals surface area contributed by atoms with Crippen molar-refractivity contribution in [3.8, 4) is 5.88 Å². The van der Waals surface area contributed by atoms with Gasteiger partial charge in [0.1, 0.15) is 0 Å². The van der Waals surface area contributed by atoms with Crippen molar-refractivity contribution < 1.29 is 4.74 Å². The van der Waals surface area contributed by atoms with Gasteiger partial charge in [0.2, 0.25) is 5.88 Å². The van der Waals surface area contributed by atoms with E-state index in [2.05, 4.69) is 27.6 Å². The lowest BCUT2D eigenvalue weighted by molar-refractivity contribution is 0.385. The van der Waals surface area contributed by atoms with Gasteiger partial charge in [-0.2, -0.15) is 0 Å². The summed E-state index contributed by atoms with van der Waals surface area (Å²) in [4.78, 5) is 4.18. The van der Waals surface area contributed by atoms with Crippen LogP contribution in [0.4, 0.5) is 0 Å². The highest BCUT2D eigenvalue weighted by Gasteiger charge is 2.21. The summed E-state index contributed by atoms with van der Waals surface area (Å²) < 4.78 is 7.10. The van der Waals surface area contributed by atoms with Crippen molar-refractivity contribution in [2.45, 2.75) is 25.9 Å². The number of hydrogen-bond acceptors (Lipinski definition) is 6. The Kier molecular flexibility index (Phi) is 4.43. The molecule has 0 amide bonds. The lowest BCUT2D eigenvalue weighted by Gasteiger charge is -2.18. The SMILES string of the molecule is CCCn1nncc1C(NN)c1cccnc1OC. The van der Waals surface area contributed by atoms with Gasteiger partial charge in [-0.25, -0.2) is 15.1 Å². The van der Waals surface area contributed by atoms with Gasteiger partial charge in [0.15, 0.2) is 0 Å². The molecular weight excluding hydrogens is 244 g/mol. The average Bonchev–Trinajstić information content (AvgIpc) is 2.89. The molecule has 1 atom stereocenters. The molecule has 0 saturated heterocycles. The van der Waals surface area contributed by atoms with E-state index >= 15 is 0 Å². The molecule has 0 spiro atoms. The normalized spacial score (nSPS) is 12.4. The summed E-state index contributed by atoms with van der Waals surface area (Å²) in [6.45, 7) is 2.87. The Bertz CT molecular complexity index is 526. The molecule has 102 valence electrons. The van der Waals surface area contributed by atoms with Crippen LogP contribution in [0.2, 0.25) is 0 Å². The number of aryl methyl sites for hydroxylation is 1. The van der Waals surface area contributed by atoms with Crippen LogP contribution in [-0.2, 0) is 6.54 Å². The number of rotatable bonds is 6. The maximum atomic E-state index is 5.68. The van der Waals surface area contributed by atoms with Gasteiger partial charge < -0.3 is 4.74 Å². The molecule has 0 aliphatic carbocycles. The first-order valence-corrected chi connectivity index (χ1v) is 6.15. The summed E-state index contributed by atoms with van der Waals surface area (Å²) in [5.41, 5.74) is 4.51. The second kappa shape index (κ2) is 6.26. The summed E-state index contributed by atoms with van der Waals surface area (Å²) >= 11 is 0. The lowest BCUT2D eigenvalue weighted by Crippen LogP contribution is -2.31. The zero-order valence-electron chi connectivity index (χ0n) is 11.1. The second-order valence-electron chi connectivity index (χ2n) is 4.08. The highest BCUT2D eigenvalue weighted by molar-refractivity contribution is 5.34. The molecule has 0 fully saturated rings. The highest BCUT2D eigenvalue weighted by Crippen LogP contribution is 2.27. The van der Waals surface area contributed by atoms with Gasteiger partial charge >= 0.3 is 0 Å². The zero-order chi connectivity index (χ0) is 13.7. The number of hydrogen-bond donors (Lipinski definition) is 2. The molecule has 1 unspecified atom stereocenters. The summed E-state index contributed by atoms with van der Waals surface area (Å²) in [5.74, 6) is 6.22. The van der Waals surface area contributed by atoms with Crippen LogP contribution in [0.1, 0.15) is 30.6 Å². The molecule has 0 radical (unpaired) electrons. The van der Waals surface area contributed by atoms with Gasteiger partial charge in [-0.05, 0) is 12.5 Å². The predicted octanol–water partition coefficient (Wildman–Crippen LogP) is 0.644. The van der Waals surface area contributed by atoms with Crippen molar-refractivity contribution in [2.75, 3.05) is 7.11 Å². The van der Waals surface area contributed by atoms with Crippen molar-refractivity contribution in [3.63, 3.8) is 0 Å². The first-order valence-electron chi connectivity index (χ1n) is 6.15. The Morgan fingerprint density at radius 1 is 1.53 bits per heavy atom. The third kappa shape index (κ3) is 2.72. The molecule has 2 rings (SSSR count). The molecule has 19 heavy (non-hydrogen) atoms. The van der Waals surface area contributed by atoms with E-state index in [-0.39, 0.29) is 6.04 Å². The summed E-state index contributed by atoms with van der Waals surface area (Å²) in [7, 11) is 1.58. The van der Waals surface area contributed by atoms with Crippen molar-refractivity contribution in [1.82, 2.24) is 25.4 Å². The van der Waals surface area contributed by atoms with Crippen molar-refractivity contribution in [2.24, 2.45) is 5.84 Å². The molecule has 7 nitrogen and oxygen atoms in total. The third-order valence-corrected chi connectivity index (χ3v) is 2.85. The van der Waals surface area contributed by atoms with Crippen LogP contribution in [0.25, 0.3) is 0 Å².